The first-order chi connectivity index (χ1) is 8.06. The quantitative estimate of drug-likeness (QED) is 0.636. The van der Waals surface area contributed by atoms with E-state index >= 15 is 0 Å². The summed E-state index contributed by atoms with van der Waals surface area (Å²) in [5.41, 5.74) is 0.822. The third-order valence-corrected chi connectivity index (χ3v) is 3.46. The average molecular weight is 315 g/mol. The molecule has 0 fully saturated rings. The maximum Gasteiger partial charge on any atom is 0.279 e. The van der Waals surface area contributed by atoms with Gasteiger partial charge >= 0.3 is 0 Å². The smallest absolute Gasteiger partial charge is 0.279 e. The molecule has 0 amide bonds. The zero-order chi connectivity index (χ0) is 12.4. The van der Waals surface area contributed by atoms with Crippen molar-refractivity contribution in [3.8, 4) is 10.9 Å². The Labute approximate surface area is 109 Å². The first-order valence-electron chi connectivity index (χ1n) is 4.60. The van der Waals surface area contributed by atoms with Gasteiger partial charge in [0, 0.05) is 11.4 Å². The highest BCUT2D eigenvalue weighted by Crippen LogP contribution is 2.31. The molecule has 0 aliphatic carbocycles. The lowest BCUT2D eigenvalue weighted by molar-refractivity contribution is -0.384. The lowest BCUT2D eigenvalue weighted by Gasteiger charge is -2.04. The van der Waals surface area contributed by atoms with E-state index in [9.17, 15) is 10.1 Å². The van der Waals surface area contributed by atoms with E-state index in [0.29, 0.717) is 15.5 Å². The van der Waals surface area contributed by atoms with Gasteiger partial charge in [-0.15, -0.1) is 0 Å². The number of hydrogen-bond acceptors (Lipinski definition) is 5. The van der Waals surface area contributed by atoms with Gasteiger partial charge in [-0.1, -0.05) is 11.3 Å². The van der Waals surface area contributed by atoms with Crippen LogP contribution in [-0.2, 0) is 0 Å². The molecule has 0 unspecified atom stereocenters. The summed E-state index contributed by atoms with van der Waals surface area (Å²) in [6, 6.07) is 4.49. The van der Waals surface area contributed by atoms with Gasteiger partial charge in [-0.05, 0) is 34.5 Å². The van der Waals surface area contributed by atoms with Crippen LogP contribution in [0.25, 0.3) is 0 Å². The number of thiazole rings is 1. The Morgan fingerprint density at radius 2 is 2.29 bits per heavy atom. The number of ether oxygens (including phenoxy) is 1. The van der Waals surface area contributed by atoms with Crippen LogP contribution in [0.3, 0.4) is 0 Å². The monoisotopic (exact) mass is 314 g/mol. The van der Waals surface area contributed by atoms with E-state index in [2.05, 4.69) is 20.9 Å². The van der Waals surface area contributed by atoms with Crippen LogP contribution in [0, 0.1) is 17.0 Å². The summed E-state index contributed by atoms with van der Waals surface area (Å²) in [5.74, 6) is 0.445. The molecular weight excluding hydrogens is 308 g/mol. The molecule has 2 aromatic rings. The zero-order valence-electron chi connectivity index (χ0n) is 8.71. The van der Waals surface area contributed by atoms with Gasteiger partial charge in [0.2, 0.25) is 0 Å². The lowest BCUT2D eigenvalue weighted by atomic mass is 10.2. The topological polar surface area (TPSA) is 65.3 Å². The van der Waals surface area contributed by atoms with Gasteiger partial charge in [0.05, 0.1) is 11.0 Å². The zero-order valence-corrected chi connectivity index (χ0v) is 11.1. The highest BCUT2D eigenvalue weighted by Gasteiger charge is 2.11. The first-order valence-corrected chi connectivity index (χ1v) is 6.27. The summed E-state index contributed by atoms with van der Waals surface area (Å²) in [7, 11) is 0. The van der Waals surface area contributed by atoms with E-state index in [0.717, 1.165) is 5.56 Å². The molecule has 88 valence electrons. The number of rotatable bonds is 3. The molecule has 1 aromatic carbocycles. The van der Waals surface area contributed by atoms with Gasteiger partial charge in [-0.25, -0.2) is 0 Å². The Morgan fingerprint density at radius 1 is 1.53 bits per heavy atom. The summed E-state index contributed by atoms with van der Waals surface area (Å²) in [5, 5.41) is 12.9. The molecule has 0 aliphatic rings. The number of aryl methyl sites for hydroxylation is 1. The average Bonchev–Trinajstić information content (AvgIpc) is 2.67. The lowest BCUT2D eigenvalue weighted by Crippen LogP contribution is -1.91. The summed E-state index contributed by atoms with van der Waals surface area (Å²) >= 11 is 4.53. The standard InChI is InChI=1S/C10H7BrN2O3S/c1-6-2-3-7(13(14)15)4-8(6)16-10-12-9(11)5-17-10/h2-5H,1H3. The Hall–Kier alpha value is -1.47. The number of aromatic nitrogens is 1. The number of nitro benzene ring substituents is 1. The van der Waals surface area contributed by atoms with Gasteiger partial charge in [-0.3, -0.25) is 10.1 Å². The van der Waals surface area contributed by atoms with Crippen LogP contribution in [-0.4, -0.2) is 9.91 Å². The van der Waals surface area contributed by atoms with E-state index in [4.69, 9.17) is 4.74 Å². The van der Waals surface area contributed by atoms with Crippen LogP contribution in [0.15, 0.2) is 28.2 Å². The minimum atomic E-state index is -0.454. The van der Waals surface area contributed by atoms with Gasteiger partial charge in [0.1, 0.15) is 10.4 Å². The number of benzene rings is 1. The number of nitro groups is 1. The molecule has 1 aromatic heterocycles. The fourth-order valence-corrected chi connectivity index (χ4v) is 2.29. The third-order valence-electron chi connectivity index (χ3n) is 2.03. The molecule has 7 heteroatoms. The molecule has 0 radical (unpaired) electrons. The Bertz CT molecular complexity index is 570. The molecular formula is C10H7BrN2O3S. The second-order valence-electron chi connectivity index (χ2n) is 3.25. The maximum absolute atomic E-state index is 10.7. The largest absolute Gasteiger partial charge is 0.430 e. The predicted octanol–water partition coefficient (Wildman–Crippen LogP) is 3.91. The molecule has 0 saturated heterocycles. The van der Waals surface area contributed by atoms with Gasteiger partial charge < -0.3 is 4.74 Å². The van der Waals surface area contributed by atoms with Crippen molar-refractivity contribution in [2.45, 2.75) is 6.92 Å². The maximum atomic E-state index is 10.7. The van der Waals surface area contributed by atoms with E-state index in [1.54, 1.807) is 11.4 Å². The number of nitrogens with zero attached hydrogens (tertiary/aromatic N) is 2. The highest BCUT2D eigenvalue weighted by atomic mass is 79.9. The molecule has 17 heavy (non-hydrogen) atoms. The minimum absolute atomic E-state index is 0.00113. The molecule has 0 aliphatic heterocycles. The fourth-order valence-electron chi connectivity index (χ4n) is 1.19. The van der Waals surface area contributed by atoms with Crippen molar-refractivity contribution in [1.29, 1.82) is 0 Å². The van der Waals surface area contributed by atoms with Crippen molar-refractivity contribution in [2.75, 3.05) is 0 Å². The van der Waals surface area contributed by atoms with E-state index in [1.807, 2.05) is 6.92 Å². The van der Waals surface area contributed by atoms with Crippen molar-refractivity contribution in [3.05, 3.63) is 43.9 Å². The summed E-state index contributed by atoms with van der Waals surface area (Å²) in [6.07, 6.45) is 0. The van der Waals surface area contributed by atoms with Crippen molar-refractivity contribution in [2.24, 2.45) is 0 Å². The SMILES string of the molecule is Cc1ccc([N+](=O)[O-])cc1Oc1nc(Br)cs1. The van der Waals surface area contributed by atoms with Crippen LogP contribution in [0.2, 0.25) is 0 Å². The number of hydrogen-bond donors (Lipinski definition) is 0. The Kier molecular flexibility index (Phi) is 3.39. The van der Waals surface area contributed by atoms with Gasteiger partial charge in [-0.2, -0.15) is 4.98 Å². The van der Waals surface area contributed by atoms with Crippen molar-refractivity contribution < 1.29 is 9.66 Å². The molecule has 5 nitrogen and oxygen atoms in total. The normalized spacial score (nSPS) is 10.2. The second-order valence-corrected chi connectivity index (χ2v) is 4.88. The molecule has 2 rings (SSSR count). The summed E-state index contributed by atoms with van der Waals surface area (Å²) in [6.45, 7) is 1.82. The summed E-state index contributed by atoms with van der Waals surface area (Å²) in [4.78, 5) is 14.3. The molecule has 0 bridgehead atoms. The third kappa shape index (κ3) is 2.80. The first kappa shape index (κ1) is 12.0. The molecule has 0 saturated carbocycles. The van der Waals surface area contributed by atoms with Crippen LogP contribution in [0.4, 0.5) is 5.69 Å². The van der Waals surface area contributed by atoms with E-state index in [-0.39, 0.29) is 5.69 Å². The molecule has 0 atom stereocenters. The van der Waals surface area contributed by atoms with E-state index in [1.165, 1.54) is 23.5 Å². The molecule has 0 N–H and O–H groups in total. The van der Waals surface area contributed by atoms with Crippen LogP contribution in [0.5, 0.6) is 10.9 Å². The van der Waals surface area contributed by atoms with Crippen molar-refractivity contribution in [3.63, 3.8) is 0 Å². The Morgan fingerprint density at radius 3 is 2.88 bits per heavy atom. The van der Waals surface area contributed by atoms with Crippen LogP contribution in [0.1, 0.15) is 5.56 Å². The van der Waals surface area contributed by atoms with Gasteiger partial charge in [0.15, 0.2) is 0 Å². The molecule has 1 heterocycles. The van der Waals surface area contributed by atoms with E-state index < -0.39 is 4.92 Å². The number of halogens is 1. The van der Waals surface area contributed by atoms with Gasteiger partial charge in [0.25, 0.3) is 10.9 Å². The Balaban J connectivity index is 2.31. The summed E-state index contributed by atoms with van der Waals surface area (Å²) < 4.78 is 6.17. The van der Waals surface area contributed by atoms with Crippen LogP contribution >= 0.6 is 27.3 Å². The predicted molar refractivity (Wildman–Crippen MR) is 67.7 cm³/mol. The number of non-ortho nitro benzene ring substituents is 1. The highest BCUT2D eigenvalue weighted by molar-refractivity contribution is 9.10. The fraction of sp³-hybridized carbons (Fsp3) is 0.100. The second kappa shape index (κ2) is 4.80. The molecule has 0 spiro atoms. The van der Waals surface area contributed by atoms with Crippen LogP contribution < -0.4 is 4.74 Å². The van der Waals surface area contributed by atoms with Crippen molar-refractivity contribution >= 4 is 33.0 Å². The minimum Gasteiger partial charge on any atom is -0.430 e. The van der Waals surface area contributed by atoms with Crippen molar-refractivity contribution in [1.82, 2.24) is 4.98 Å².